The number of rotatable bonds is 3. The van der Waals surface area contributed by atoms with E-state index in [1.165, 1.54) is 0 Å². The molecule has 3 nitrogen and oxygen atoms in total. The molecule has 0 saturated heterocycles. The first-order valence-corrected chi connectivity index (χ1v) is 5.67. The van der Waals surface area contributed by atoms with E-state index in [9.17, 15) is 0 Å². The molecule has 0 bridgehead atoms. The number of nitrogens with zero attached hydrogens (tertiary/aromatic N) is 1. The van der Waals surface area contributed by atoms with Crippen LogP contribution in [0.3, 0.4) is 0 Å². The van der Waals surface area contributed by atoms with Gasteiger partial charge in [-0.15, -0.1) is 0 Å². The summed E-state index contributed by atoms with van der Waals surface area (Å²) in [6.45, 7) is 0. The third-order valence-electron chi connectivity index (χ3n) is 2.61. The number of hydrogen-bond donors (Lipinski definition) is 2. The molecule has 0 aliphatic carbocycles. The molecule has 2 rings (SSSR count). The Bertz CT molecular complexity index is 557. The average Bonchev–Trinajstić information content (AvgIpc) is 2.46. The summed E-state index contributed by atoms with van der Waals surface area (Å²) in [7, 11) is 0. The van der Waals surface area contributed by atoms with Gasteiger partial charge in [0.25, 0.3) is 0 Å². The molecule has 90 valence electrons. The molecular weight excluding hydrogens is 222 g/mol. The van der Waals surface area contributed by atoms with Crippen molar-refractivity contribution in [3.63, 3.8) is 0 Å². The van der Waals surface area contributed by atoms with Crippen molar-refractivity contribution in [2.24, 2.45) is 16.7 Å². The van der Waals surface area contributed by atoms with Gasteiger partial charge in [0.05, 0.1) is 5.71 Å². The maximum Gasteiger partial charge on any atom is 0.0919 e. The zero-order valence-corrected chi connectivity index (χ0v) is 9.95. The van der Waals surface area contributed by atoms with Crippen molar-refractivity contribution in [2.45, 2.75) is 0 Å². The molecular formula is C15H15N3. The number of nitrogens with two attached hydrogens (primary N) is 2. The summed E-state index contributed by atoms with van der Waals surface area (Å²) in [6, 6.07) is 19.4. The zero-order valence-electron chi connectivity index (χ0n) is 9.95. The summed E-state index contributed by atoms with van der Waals surface area (Å²) < 4.78 is 0. The van der Waals surface area contributed by atoms with Crippen molar-refractivity contribution in [1.82, 2.24) is 0 Å². The molecule has 4 N–H and O–H groups in total. The summed E-state index contributed by atoms with van der Waals surface area (Å²) in [5, 5.41) is 3.78. The lowest BCUT2D eigenvalue weighted by Crippen LogP contribution is -2.05. The fraction of sp³-hybridized carbons (Fsp3) is 0. The molecule has 0 radical (unpaired) electrons. The van der Waals surface area contributed by atoms with E-state index >= 15 is 0 Å². The molecule has 0 unspecified atom stereocenters. The molecule has 0 heterocycles. The van der Waals surface area contributed by atoms with Gasteiger partial charge in [0.1, 0.15) is 0 Å². The fourth-order valence-corrected chi connectivity index (χ4v) is 1.67. The normalized spacial score (nSPS) is 12.4. The van der Waals surface area contributed by atoms with Crippen molar-refractivity contribution in [3.8, 4) is 0 Å². The third kappa shape index (κ3) is 2.77. The second kappa shape index (κ2) is 5.68. The highest BCUT2D eigenvalue weighted by molar-refractivity contribution is 6.11. The van der Waals surface area contributed by atoms with Gasteiger partial charge in [-0.2, -0.15) is 5.10 Å². The molecule has 0 saturated carbocycles. The topological polar surface area (TPSA) is 64.4 Å². The van der Waals surface area contributed by atoms with Crippen LogP contribution in [0.25, 0.3) is 5.70 Å². The van der Waals surface area contributed by atoms with Crippen molar-refractivity contribution in [1.29, 1.82) is 0 Å². The molecule has 0 aromatic heterocycles. The van der Waals surface area contributed by atoms with E-state index in [4.69, 9.17) is 11.6 Å². The highest BCUT2D eigenvalue weighted by Crippen LogP contribution is 2.10. The van der Waals surface area contributed by atoms with Gasteiger partial charge in [0.2, 0.25) is 0 Å². The van der Waals surface area contributed by atoms with Crippen molar-refractivity contribution in [3.05, 3.63) is 77.9 Å². The SMILES string of the molecule is NN=C(C=C(N)c1ccccc1)c1ccccc1. The minimum absolute atomic E-state index is 0.642. The first kappa shape index (κ1) is 11.9. The number of hydrazone groups is 1. The Kier molecular flexibility index (Phi) is 3.76. The Labute approximate surface area is 106 Å². The molecule has 0 fully saturated rings. The number of hydrogen-bond acceptors (Lipinski definition) is 3. The molecule has 0 amide bonds. The van der Waals surface area contributed by atoms with Gasteiger partial charge in [-0.25, -0.2) is 0 Å². The van der Waals surface area contributed by atoms with E-state index in [-0.39, 0.29) is 0 Å². The Morgan fingerprint density at radius 1 is 0.833 bits per heavy atom. The van der Waals surface area contributed by atoms with Gasteiger partial charge in [0.15, 0.2) is 0 Å². The second-order valence-electron chi connectivity index (χ2n) is 3.85. The number of allylic oxidation sites excluding steroid dienone is 1. The molecule has 0 aliphatic heterocycles. The summed E-state index contributed by atoms with van der Waals surface area (Å²) >= 11 is 0. The fourth-order valence-electron chi connectivity index (χ4n) is 1.67. The molecule has 18 heavy (non-hydrogen) atoms. The highest BCUT2D eigenvalue weighted by atomic mass is 15.1. The monoisotopic (exact) mass is 237 g/mol. The maximum absolute atomic E-state index is 6.03. The van der Waals surface area contributed by atoms with Crippen molar-refractivity contribution >= 4 is 11.4 Å². The minimum Gasteiger partial charge on any atom is -0.398 e. The van der Waals surface area contributed by atoms with E-state index in [1.807, 2.05) is 60.7 Å². The van der Waals surface area contributed by atoms with Crippen LogP contribution in [0.15, 0.2) is 71.8 Å². The van der Waals surface area contributed by atoms with E-state index in [1.54, 1.807) is 6.08 Å². The van der Waals surface area contributed by atoms with Gasteiger partial charge in [0, 0.05) is 11.3 Å². The third-order valence-corrected chi connectivity index (χ3v) is 2.61. The lowest BCUT2D eigenvalue weighted by Gasteiger charge is -2.04. The second-order valence-corrected chi connectivity index (χ2v) is 3.85. The lowest BCUT2D eigenvalue weighted by atomic mass is 10.1. The predicted molar refractivity (Wildman–Crippen MR) is 75.8 cm³/mol. The summed E-state index contributed by atoms with van der Waals surface area (Å²) in [4.78, 5) is 0. The Morgan fingerprint density at radius 3 is 1.83 bits per heavy atom. The van der Waals surface area contributed by atoms with Crippen LogP contribution < -0.4 is 11.6 Å². The number of benzene rings is 2. The van der Waals surface area contributed by atoms with Crippen LogP contribution in [-0.2, 0) is 0 Å². The van der Waals surface area contributed by atoms with Gasteiger partial charge >= 0.3 is 0 Å². The van der Waals surface area contributed by atoms with Gasteiger partial charge < -0.3 is 11.6 Å². The molecule has 0 aliphatic rings. The Balaban J connectivity index is 2.32. The highest BCUT2D eigenvalue weighted by Gasteiger charge is 2.02. The van der Waals surface area contributed by atoms with E-state index < -0.39 is 0 Å². The van der Waals surface area contributed by atoms with Crippen LogP contribution in [0.1, 0.15) is 11.1 Å². The smallest absolute Gasteiger partial charge is 0.0919 e. The minimum atomic E-state index is 0.642. The first-order valence-electron chi connectivity index (χ1n) is 5.67. The maximum atomic E-state index is 6.03. The molecule has 2 aromatic carbocycles. The Morgan fingerprint density at radius 2 is 1.33 bits per heavy atom. The quantitative estimate of drug-likeness (QED) is 0.489. The summed E-state index contributed by atoms with van der Waals surface area (Å²) in [5.74, 6) is 5.42. The van der Waals surface area contributed by atoms with Crippen LogP contribution in [0, 0.1) is 0 Å². The molecule has 3 heteroatoms. The summed E-state index contributed by atoms with van der Waals surface area (Å²) in [5.41, 5.74) is 9.24. The average molecular weight is 237 g/mol. The molecule has 2 aromatic rings. The Hall–Kier alpha value is -2.55. The largest absolute Gasteiger partial charge is 0.398 e. The van der Waals surface area contributed by atoms with Crippen LogP contribution in [0.5, 0.6) is 0 Å². The van der Waals surface area contributed by atoms with Crippen LogP contribution >= 0.6 is 0 Å². The van der Waals surface area contributed by atoms with Gasteiger partial charge in [-0.05, 0) is 11.6 Å². The van der Waals surface area contributed by atoms with Gasteiger partial charge in [-0.3, -0.25) is 0 Å². The summed E-state index contributed by atoms with van der Waals surface area (Å²) in [6.07, 6.45) is 1.78. The lowest BCUT2D eigenvalue weighted by molar-refractivity contribution is 1.25. The van der Waals surface area contributed by atoms with Crippen molar-refractivity contribution < 1.29 is 0 Å². The van der Waals surface area contributed by atoms with E-state index in [0.717, 1.165) is 11.1 Å². The van der Waals surface area contributed by atoms with Gasteiger partial charge in [-0.1, -0.05) is 60.7 Å². The molecule has 0 atom stereocenters. The first-order chi connectivity index (χ1) is 8.81. The van der Waals surface area contributed by atoms with Crippen molar-refractivity contribution in [2.75, 3.05) is 0 Å². The van der Waals surface area contributed by atoms with E-state index in [0.29, 0.717) is 11.4 Å². The van der Waals surface area contributed by atoms with Crippen LogP contribution in [0.2, 0.25) is 0 Å². The van der Waals surface area contributed by atoms with E-state index in [2.05, 4.69) is 5.10 Å². The zero-order chi connectivity index (χ0) is 12.8. The predicted octanol–water partition coefficient (Wildman–Crippen LogP) is 2.35. The van der Waals surface area contributed by atoms with Crippen LogP contribution in [0.4, 0.5) is 0 Å². The van der Waals surface area contributed by atoms with Crippen LogP contribution in [-0.4, -0.2) is 5.71 Å². The molecule has 0 spiro atoms. The standard InChI is InChI=1S/C15H15N3/c16-14(12-7-3-1-4-8-12)11-15(18-17)13-9-5-2-6-10-13/h1-11H,16-17H2.